The van der Waals surface area contributed by atoms with Gasteiger partial charge in [0.15, 0.2) is 5.82 Å². The smallest absolute Gasteiger partial charge is 0.318 e. The number of likely N-dealkylation sites (tertiary alicyclic amines) is 1. The van der Waals surface area contributed by atoms with Crippen LogP contribution in [0.1, 0.15) is 41.7 Å². The van der Waals surface area contributed by atoms with Gasteiger partial charge in [0, 0.05) is 19.5 Å². The summed E-state index contributed by atoms with van der Waals surface area (Å²) >= 11 is 0. The fourth-order valence-corrected chi connectivity index (χ4v) is 3.58. The van der Waals surface area contributed by atoms with Crippen molar-refractivity contribution in [1.29, 1.82) is 0 Å². The van der Waals surface area contributed by atoms with E-state index in [2.05, 4.69) is 15.5 Å². The van der Waals surface area contributed by atoms with Crippen molar-refractivity contribution in [3.05, 3.63) is 83.3 Å². The number of carbonyl (C=O) groups is 1. The molecule has 8 heteroatoms. The molecule has 2 amide bonds. The molecule has 2 aromatic carbocycles. The lowest BCUT2D eigenvalue weighted by Crippen LogP contribution is -2.39. The number of hydrogen-bond donors (Lipinski definition) is 1. The van der Waals surface area contributed by atoms with E-state index in [1.807, 2.05) is 30.3 Å². The second-order valence-corrected chi connectivity index (χ2v) is 7.47. The molecule has 1 aromatic heterocycles. The van der Waals surface area contributed by atoms with Crippen molar-refractivity contribution in [2.24, 2.45) is 0 Å². The average Bonchev–Trinajstić information content (AvgIpc) is 3.46. The minimum atomic E-state index is -0.299. The zero-order chi connectivity index (χ0) is 21.5. The van der Waals surface area contributed by atoms with Crippen LogP contribution in [0, 0.1) is 5.82 Å². The molecule has 2 heterocycles. The van der Waals surface area contributed by atoms with Crippen LogP contribution >= 0.6 is 0 Å². The maximum absolute atomic E-state index is 13.0. The van der Waals surface area contributed by atoms with Gasteiger partial charge >= 0.3 is 6.03 Å². The molecule has 0 bridgehead atoms. The maximum Gasteiger partial charge on any atom is 0.318 e. The van der Waals surface area contributed by atoms with Crippen molar-refractivity contribution in [2.45, 2.75) is 38.5 Å². The molecular formula is C23H25FN4O3. The molecule has 1 aliphatic rings. The van der Waals surface area contributed by atoms with Crippen LogP contribution in [0.2, 0.25) is 0 Å². The molecule has 0 saturated carbocycles. The third-order valence-corrected chi connectivity index (χ3v) is 5.22. The molecule has 7 nitrogen and oxygen atoms in total. The molecule has 162 valence electrons. The number of urea groups is 1. The van der Waals surface area contributed by atoms with Crippen molar-refractivity contribution < 1.29 is 18.4 Å². The molecular weight excluding hydrogens is 399 g/mol. The summed E-state index contributed by atoms with van der Waals surface area (Å²) in [7, 11) is 0. The molecule has 1 N–H and O–H groups in total. The molecule has 1 atom stereocenters. The molecule has 0 aliphatic carbocycles. The predicted molar refractivity (Wildman–Crippen MR) is 111 cm³/mol. The fourth-order valence-electron chi connectivity index (χ4n) is 3.58. The van der Waals surface area contributed by atoms with Crippen LogP contribution < -0.4 is 5.32 Å². The first-order valence-electron chi connectivity index (χ1n) is 10.4. The van der Waals surface area contributed by atoms with Gasteiger partial charge in [-0.1, -0.05) is 47.6 Å². The minimum Gasteiger partial charge on any atom is -0.376 e. The van der Waals surface area contributed by atoms with Gasteiger partial charge in [0.1, 0.15) is 11.9 Å². The van der Waals surface area contributed by atoms with Gasteiger partial charge in [0.05, 0.1) is 13.2 Å². The Balaban J connectivity index is 1.26. The highest BCUT2D eigenvalue weighted by molar-refractivity contribution is 5.74. The van der Waals surface area contributed by atoms with Gasteiger partial charge in [-0.15, -0.1) is 0 Å². The first-order valence-corrected chi connectivity index (χ1v) is 10.4. The van der Waals surface area contributed by atoms with Crippen molar-refractivity contribution in [1.82, 2.24) is 20.4 Å². The highest BCUT2D eigenvalue weighted by Gasteiger charge is 2.34. The number of nitrogens with one attached hydrogen (secondary N) is 1. The SMILES string of the molecule is O=C(NCc1ccc(F)cc1)N1CCCC1c1nc(CCOCc2ccccc2)no1. The lowest BCUT2D eigenvalue weighted by Gasteiger charge is -2.22. The minimum absolute atomic E-state index is 0.197. The third kappa shape index (κ3) is 5.67. The number of nitrogens with zero attached hydrogens (tertiary/aromatic N) is 3. The van der Waals surface area contributed by atoms with E-state index in [0.29, 0.717) is 44.4 Å². The van der Waals surface area contributed by atoms with Crippen LogP contribution in [0.4, 0.5) is 9.18 Å². The van der Waals surface area contributed by atoms with Crippen LogP contribution in [0.3, 0.4) is 0 Å². The molecule has 0 spiro atoms. The Labute approximate surface area is 180 Å². The summed E-state index contributed by atoms with van der Waals surface area (Å²) in [6.45, 7) is 1.98. The molecule has 1 saturated heterocycles. The Hall–Kier alpha value is -3.26. The standard InChI is InChI=1S/C23H25FN4O3/c24-19-10-8-17(9-11-19)15-25-23(29)28-13-4-7-20(28)22-26-21(27-31-22)12-14-30-16-18-5-2-1-3-6-18/h1-3,5-6,8-11,20H,4,7,12-16H2,(H,25,29). The summed E-state index contributed by atoms with van der Waals surface area (Å²) in [6, 6.07) is 15.6. The summed E-state index contributed by atoms with van der Waals surface area (Å²) in [5.41, 5.74) is 1.95. The average molecular weight is 424 g/mol. The molecule has 1 aliphatic heterocycles. The Morgan fingerprint density at radius 1 is 1.16 bits per heavy atom. The summed E-state index contributed by atoms with van der Waals surface area (Å²) in [5.74, 6) is 0.724. The lowest BCUT2D eigenvalue weighted by molar-refractivity contribution is 0.122. The van der Waals surface area contributed by atoms with Crippen molar-refractivity contribution in [3.8, 4) is 0 Å². The monoisotopic (exact) mass is 424 g/mol. The number of halogens is 1. The van der Waals surface area contributed by atoms with E-state index in [4.69, 9.17) is 9.26 Å². The van der Waals surface area contributed by atoms with Gasteiger partial charge in [0.2, 0.25) is 5.89 Å². The van der Waals surface area contributed by atoms with Crippen molar-refractivity contribution in [2.75, 3.05) is 13.2 Å². The number of aromatic nitrogens is 2. The quantitative estimate of drug-likeness (QED) is 0.553. The number of hydrogen-bond acceptors (Lipinski definition) is 5. The second kappa shape index (κ2) is 10.2. The highest BCUT2D eigenvalue weighted by atomic mass is 19.1. The Kier molecular flexibility index (Phi) is 6.89. The van der Waals surface area contributed by atoms with Crippen LogP contribution in [-0.4, -0.2) is 34.2 Å². The van der Waals surface area contributed by atoms with Gasteiger partial charge < -0.3 is 19.5 Å². The van der Waals surface area contributed by atoms with E-state index in [1.54, 1.807) is 17.0 Å². The van der Waals surface area contributed by atoms with Gasteiger partial charge in [-0.3, -0.25) is 0 Å². The van der Waals surface area contributed by atoms with Crippen LogP contribution in [0.5, 0.6) is 0 Å². The van der Waals surface area contributed by atoms with Gasteiger partial charge in [-0.25, -0.2) is 9.18 Å². The van der Waals surface area contributed by atoms with Gasteiger partial charge in [-0.05, 0) is 36.1 Å². The first-order chi connectivity index (χ1) is 15.2. The zero-order valence-electron chi connectivity index (χ0n) is 17.2. The van der Waals surface area contributed by atoms with E-state index in [9.17, 15) is 9.18 Å². The summed E-state index contributed by atoms with van der Waals surface area (Å²) < 4.78 is 24.1. The number of ether oxygens (including phenoxy) is 1. The summed E-state index contributed by atoms with van der Waals surface area (Å²) in [5, 5.41) is 6.92. The second-order valence-electron chi connectivity index (χ2n) is 7.47. The van der Waals surface area contributed by atoms with E-state index in [-0.39, 0.29) is 17.9 Å². The fraction of sp³-hybridized carbons (Fsp3) is 0.348. The molecule has 0 radical (unpaired) electrons. The van der Waals surface area contributed by atoms with E-state index in [0.717, 1.165) is 24.0 Å². The number of rotatable bonds is 8. The molecule has 4 rings (SSSR count). The predicted octanol–water partition coefficient (Wildman–Crippen LogP) is 4.01. The van der Waals surface area contributed by atoms with E-state index >= 15 is 0 Å². The molecule has 3 aromatic rings. The normalized spacial score (nSPS) is 15.9. The number of carbonyl (C=O) groups excluding carboxylic acids is 1. The van der Waals surface area contributed by atoms with Gasteiger partial charge in [-0.2, -0.15) is 4.98 Å². The Morgan fingerprint density at radius 3 is 2.77 bits per heavy atom. The lowest BCUT2D eigenvalue weighted by atomic mass is 10.2. The maximum atomic E-state index is 13.0. The summed E-state index contributed by atoms with van der Waals surface area (Å²) in [4.78, 5) is 18.8. The van der Waals surface area contributed by atoms with Gasteiger partial charge in [0.25, 0.3) is 0 Å². The Bertz CT molecular complexity index is 978. The number of amides is 2. The van der Waals surface area contributed by atoms with Crippen molar-refractivity contribution in [3.63, 3.8) is 0 Å². The largest absolute Gasteiger partial charge is 0.376 e. The topological polar surface area (TPSA) is 80.5 Å². The van der Waals surface area contributed by atoms with Crippen LogP contribution in [0.25, 0.3) is 0 Å². The molecule has 1 fully saturated rings. The van der Waals surface area contributed by atoms with Crippen LogP contribution in [-0.2, 0) is 24.3 Å². The van der Waals surface area contributed by atoms with E-state index < -0.39 is 0 Å². The third-order valence-electron chi connectivity index (χ3n) is 5.22. The first kappa shape index (κ1) is 21.0. The Morgan fingerprint density at radius 2 is 1.97 bits per heavy atom. The van der Waals surface area contributed by atoms with Crippen molar-refractivity contribution >= 4 is 6.03 Å². The number of benzene rings is 2. The van der Waals surface area contributed by atoms with Crippen LogP contribution in [0.15, 0.2) is 59.1 Å². The molecule has 31 heavy (non-hydrogen) atoms. The molecule has 1 unspecified atom stereocenters. The highest BCUT2D eigenvalue weighted by Crippen LogP contribution is 2.30. The zero-order valence-corrected chi connectivity index (χ0v) is 17.2. The van der Waals surface area contributed by atoms with E-state index in [1.165, 1.54) is 12.1 Å². The summed E-state index contributed by atoms with van der Waals surface area (Å²) in [6.07, 6.45) is 2.18.